The summed E-state index contributed by atoms with van der Waals surface area (Å²) in [6, 6.07) is 29.1. The monoisotopic (exact) mass is 353 g/mol. The molecule has 0 saturated heterocycles. The first-order chi connectivity index (χ1) is 11.9. The van der Waals surface area contributed by atoms with E-state index in [-0.39, 0.29) is 12.4 Å². The van der Waals surface area contributed by atoms with Crippen LogP contribution in [0, 0.1) is 0 Å². The van der Waals surface area contributed by atoms with Crippen LogP contribution < -0.4 is 10.1 Å². The Hall–Kier alpha value is -2.29. The van der Waals surface area contributed by atoms with Crippen LogP contribution in [0.4, 0.5) is 0 Å². The number of nitrogens with one attached hydrogen (secondary N) is 1. The van der Waals surface area contributed by atoms with Crippen molar-refractivity contribution >= 4 is 12.4 Å². The van der Waals surface area contributed by atoms with Gasteiger partial charge in [0.15, 0.2) is 0 Å². The first kappa shape index (κ1) is 19.0. The summed E-state index contributed by atoms with van der Waals surface area (Å²) in [6.45, 7) is 2.50. The van der Waals surface area contributed by atoms with Gasteiger partial charge in [0.1, 0.15) is 12.4 Å². The predicted molar refractivity (Wildman–Crippen MR) is 106 cm³/mol. The zero-order valence-corrected chi connectivity index (χ0v) is 15.0. The van der Waals surface area contributed by atoms with Crippen LogP contribution in [-0.2, 0) is 19.6 Å². The summed E-state index contributed by atoms with van der Waals surface area (Å²) >= 11 is 0. The van der Waals surface area contributed by atoms with Crippen molar-refractivity contribution in [3.05, 3.63) is 102 Å². The quantitative estimate of drug-likeness (QED) is 0.574. The molecule has 3 heteroatoms. The summed E-state index contributed by atoms with van der Waals surface area (Å²) < 4.78 is 5.81. The fraction of sp³-hybridized carbons (Fsp3) is 0.182. The summed E-state index contributed by atoms with van der Waals surface area (Å²) in [5.41, 5.74) is 3.83. The van der Waals surface area contributed by atoms with Gasteiger partial charge in [-0.15, -0.1) is 12.4 Å². The minimum Gasteiger partial charge on any atom is -0.489 e. The predicted octanol–water partition coefficient (Wildman–Crippen LogP) is 5.02. The molecular weight excluding hydrogens is 330 g/mol. The smallest absolute Gasteiger partial charge is 0.119 e. The molecule has 3 aromatic carbocycles. The third-order valence-corrected chi connectivity index (χ3v) is 3.93. The molecule has 0 heterocycles. The number of benzene rings is 3. The maximum absolute atomic E-state index is 5.81. The molecule has 0 aliphatic carbocycles. The van der Waals surface area contributed by atoms with Crippen LogP contribution >= 0.6 is 12.4 Å². The normalized spacial score (nSPS) is 10.1. The lowest BCUT2D eigenvalue weighted by atomic mass is 10.1. The molecule has 0 fully saturated rings. The maximum atomic E-state index is 5.81. The first-order valence-corrected chi connectivity index (χ1v) is 8.40. The van der Waals surface area contributed by atoms with Gasteiger partial charge in [-0.3, -0.25) is 0 Å². The molecule has 0 unspecified atom stereocenters. The van der Waals surface area contributed by atoms with E-state index in [1.165, 1.54) is 16.7 Å². The average Bonchev–Trinajstić information content (AvgIpc) is 2.66. The Morgan fingerprint density at radius 3 is 1.88 bits per heavy atom. The number of hydrogen-bond donors (Lipinski definition) is 1. The van der Waals surface area contributed by atoms with Crippen molar-refractivity contribution in [3.8, 4) is 5.75 Å². The van der Waals surface area contributed by atoms with E-state index in [2.05, 4.69) is 66.0 Å². The topological polar surface area (TPSA) is 21.3 Å². The number of ether oxygens (including phenoxy) is 1. The molecule has 130 valence electrons. The van der Waals surface area contributed by atoms with Crippen molar-refractivity contribution < 1.29 is 4.74 Å². The van der Waals surface area contributed by atoms with Crippen molar-refractivity contribution in [1.82, 2.24) is 5.32 Å². The highest BCUT2D eigenvalue weighted by atomic mass is 35.5. The number of halogens is 1. The standard InChI is InChI=1S/C22H23NO.ClH/c1-3-7-20(8-4-1)17-23-16-15-19-11-13-22(14-12-19)24-18-21-9-5-2-6-10-21;/h1-14,23H,15-18H2;1H. The van der Waals surface area contributed by atoms with E-state index in [1.54, 1.807) is 0 Å². The summed E-state index contributed by atoms with van der Waals surface area (Å²) in [4.78, 5) is 0. The van der Waals surface area contributed by atoms with Crippen LogP contribution in [0.25, 0.3) is 0 Å². The Kier molecular flexibility index (Phi) is 8.03. The second-order valence-electron chi connectivity index (χ2n) is 5.83. The number of hydrogen-bond acceptors (Lipinski definition) is 2. The Morgan fingerprint density at radius 2 is 1.24 bits per heavy atom. The molecule has 0 aliphatic heterocycles. The highest BCUT2D eigenvalue weighted by molar-refractivity contribution is 5.85. The molecule has 0 saturated carbocycles. The van der Waals surface area contributed by atoms with Gasteiger partial charge in [0.2, 0.25) is 0 Å². The van der Waals surface area contributed by atoms with Crippen LogP contribution in [0.1, 0.15) is 16.7 Å². The van der Waals surface area contributed by atoms with Gasteiger partial charge in [-0.25, -0.2) is 0 Å². The lowest BCUT2D eigenvalue weighted by Crippen LogP contribution is -2.16. The Bertz CT molecular complexity index is 714. The summed E-state index contributed by atoms with van der Waals surface area (Å²) in [6.07, 6.45) is 1.02. The molecule has 0 spiro atoms. The average molecular weight is 354 g/mol. The van der Waals surface area contributed by atoms with Crippen molar-refractivity contribution in [3.63, 3.8) is 0 Å². The fourth-order valence-corrected chi connectivity index (χ4v) is 2.55. The van der Waals surface area contributed by atoms with Gasteiger partial charge in [0.05, 0.1) is 0 Å². The molecule has 3 rings (SSSR count). The van der Waals surface area contributed by atoms with E-state index in [0.717, 1.165) is 25.3 Å². The SMILES string of the molecule is Cl.c1ccc(CNCCc2ccc(OCc3ccccc3)cc2)cc1. The molecule has 3 aromatic rings. The van der Waals surface area contributed by atoms with Gasteiger partial charge >= 0.3 is 0 Å². The maximum Gasteiger partial charge on any atom is 0.119 e. The minimum atomic E-state index is 0. The highest BCUT2D eigenvalue weighted by Gasteiger charge is 1.98. The van der Waals surface area contributed by atoms with Crippen molar-refractivity contribution in [2.75, 3.05) is 6.54 Å². The Morgan fingerprint density at radius 1 is 0.640 bits per heavy atom. The molecule has 0 aromatic heterocycles. The zero-order valence-electron chi connectivity index (χ0n) is 14.2. The molecule has 0 radical (unpaired) electrons. The molecule has 25 heavy (non-hydrogen) atoms. The largest absolute Gasteiger partial charge is 0.489 e. The zero-order chi connectivity index (χ0) is 16.5. The molecule has 0 aliphatic rings. The number of rotatable bonds is 8. The van der Waals surface area contributed by atoms with Gasteiger partial charge in [-0.1, -0.05) is 72.8 Å². The van der Waals surface area contributed by atoms with E-state index >= 15 is 0 Å². The summed E-state index contributed by atoms with van der Waals surface area (Å²) in [5.74, 6) is 0.917. The highest BCUT2D eigenvalue weighted by Crippen LogP contribution is 2.14. The van der Waals surface area contributed by atoms with Gasteiger partial charge < -0.3 is 10.1 Å². The fourth-order valence-electron chi connectivity index (χ4n) is 2.55. The van der Waals surface area contributed by atoms with E-state index < -0.39 is 0 Å². The summed E-state index contributed by atoms with van der Waals surface area (Å²) in [5, 5.41) is 3.48. The molecule has 0 bridgehead atoms. The lowest BCUT2D eigenvalue weighted by molar-refractivity contribution is 0.306. The lowest BCUT2D eigenvalue weighted by Gasteiger charge is -2.08. The molecule has 2 nitrogen and oxygen atoms in total. The van der Waals surface area contributed by atoms with Crippen molar-refractivity contribution in [2.45, 2.75) is 19.6 Å². The van der Waals surface area contributed by atoms with Crippen LogP contribution in [0.5, 0.6) is 5.75 Å². The van der Waals surface area contributed by atoms with Crippen molar-refractivity contribution in [2.24, 2.45) is 0 Å². The van der Waals surface area contributed by atoms with Gasteiger partial charge in [-0.2, -0.15) is 0 Å². The van der Waals surface area contributed by atoms with E-state index in [4.69, 9.17) is 4.74 Å². The Balaban J connectivity index is 0.00000225. The molecule has 0 amide bonds. The molecule has 0 atom stereocenters. The van der Waals surface area contributed by atoms with Crippen LogP contribution in [-0.4, -0.2) is 6.54 Å². The van der Waals surface area contributed by atoms with Gasteiger partial charge in [0.25, 0.3) is 0 Å². The second-order valence-corrected chi connectivity index (χ2v) is 5.83. The molecular formula is C22H24ClNO. The van der Waals surface area contributed by atoms with E-state index in [1.807, 2.05) is 24.3 Å². The third kappa shape index (κ3) is 6.61. The van der Waals surface area contributed by atoms with Gasteiger partial charge in [0, 0.05) is 6.54 Å². The third-order valence-electron chi connectivity index (χ3n) is 3.93. The van der Waals surface area contributed by atoms with Crippen LogP contribution in [0.15, 0.2) is 84.9 Å². The van der Waals surface area contributed by atoms with E-state index in [9.17, 15) is 0 Å². The first-order valence-electron chi connectivity index (χ1n) is 8.40. The van der Waals surface area contributed by atoms with E-state index in [0.29, 0.717) is 6.61 Å². The van der Waals surface area contributed by atoms with Gasteiger partial charge in [-0.05, 0) is 41.8 Å². The minimum absolute atomic E-state index is 0. The van der Waals surface area contributed by atoms with Crippen LogP contribution in [0.3, 0.4) is 0 Å². The second kappa shape index (κ2) is 10.5. The summed E-state index contributed by atoms with van der Waals surface area (Å²) in [7, 11) is 0. The Labute approximate surface area is 156 Å². The molecule has 1 N–H and O–H groups in total. The van der Waals surface area contributed by atoms with Crippen LogP contribution in [0.2, 0.25) is 0 Å². The van der Waals surface area contributed by atoms with Crippen molar-refractivity contribution in [1.29, 1.82) is 0 Å².